The number of phenols is 1. The van der Waals surface area contributed by atoms with Crippen LogP contribution >= 0.6 is 34.5 Å². The molecule has 2 aromatic heterocycles. The molecule has 3 aromatic rings. The lowest BCUT2D eigenvalue weighted by Gasteiger charge is -2.37. The van der Waals surface area contributed by atoms with Crippen LogP contribution in [-0.2, 0) is 17.9 Å². The number of fused-ring (bicyclic) bond motifs is 1. The van der Waals surface area contributed by atoms with Crippen molar-refractivity contribution in [3.8, 4) is 11.5 Å². The molecule has 0 bridgehead atoms. The van der Waals surface area contributed by atoms with Gasteiger partial charge < -0.3 is 20.5 Å². The van der Waals surface area contributed by atoms with Crippen LogP contribution in [0.3, 0.4) is 0 Å². The van der Waals surface area contributed by atoms with E-state index in [0.29, 0.717) is 22.3 Å². The molecule has 3 amide bonds. The number of rotatable bonds is 8. The van der Waals surface area contributed by atoms with Crippen molar-refractivity contribution in [2.24, 2.45) is 0 Å². The van der Waals surface area contributed by atoms with Crippen molar-refractivity contribution in [2.45, 2.75) is 50.9 Å². The number of aromatic nitrogens is 3. The zero-order valence-electron chi connectivity index (χ0n) is 21.6. The molecule has 40 heavy (non-hydrogen) atoms. The predicted octanol–water partition coefficient (Wildman–Crippen LogP) is 5.13. The largest absolute Gasteiger partial charge is 0.506 e. The number of amides is 3. The van der Waals surface area contributed by atoms with Gasteiger partial charge in [0, 0.05) is 41.5 Å². The zero-order chi connectivity index (χ0) is 28.4. The maximum atomic E-state index is 14.0. The van der Waals surface area contributed by atoms with Gasteiger partial charge in [-0.3, -0.25) is 14.6 Å². The number of nitrogens with one attached hydrogen (secondary N) is 2. The molecule has 0 radical (unpaired) electrons. The number of hydrogen-bond donors (Lipinski definition) is 3. The smallest absolute Gasteiger partial charge is 0.330 e. The maximum Gasteiger partial charge on any atom is 0.330 e. The van der Waals surface area contributed by atoms with E-state index in [-0.39, 0.29) is 58.3 Å². The van der Waals surface area contributed by atoms with Crippen LogP contribution in [0.5, 0.6) is 11.5 Å². The second-order valence-electron chi connectivity index (χ2n) is 9.35. The fraction of sp³-hybridized carbons (Fsp3) is 0.346. The van der Waals surface area contributed by atoms with E-state index >= 15 is 0 Å². The number of methoxy groups -OCH3 is 1. The van der Waals surface area contributed by atoms with E-state index in [1.165, 1.54) is 40.4 Å². The van der Waals surface area contributed by atoms with Crippen molar-refractivity contribution in [2.75, 3.05) is 22.2 Å². The van der Waals surface area contributed by atoms with Crippen LogP contribution in [0.25, 0.3) is 0 Å². The van der Waals surface area contributed by atoms with Gasteiger partial charge in [0.05, 0.1) is 25.9 Å². The molecular weight excluding hydrogens is 577 g/mol. The van der Waals surface area contributed by atoms with Crippen molar-refractivity contribution < 1.29 is 19.4 Å². The van der Waals surface area contributed by atoms with Gasteiger partial charge in [-0.15, -0.1) is 11.3 Å². The molecule has 210 valence electrons. The van der Waals surface area contributed by atoms with E-state index in [1.54, 1.807) is 12.4 Å². The summed E-state index contributed by atoms with van der Waals surface area (Å²) in [6.45, 7) is 3.74. The number of hydrogen-bond acceptors (Lipinski definition) is 9. The second-order valence-corrected chi connectivity index (χ2v) is 11.1. The molecule has 11 nitrogen and oxygen atoms in total. The second kappa shape index (κ2) is 11.9. The molecule has 5 rings (SSSR count). The maximum absolute atomic E-state index is 14.0. The summed E-state index contributed by atoms with van der Waals surface area (Å²) in [6.07, 6.45) is 8.21. The minimum atomic E-state index is -0.461. The number of carbonyl (C=O) groups excluding carboxylic acids is 2. The third-order valence-electron chi connectivity index (χ3n) is 6.87. The summed E-state index contributed by atoms with van der Waals surface area (Å²) in [4.78, 5) is 42.4. The molecule has 1 saturated carbocycles. The van der Waals surface area contributed by atoms with E-state index in [9.17, 15) is 14.7 Å². The fourth-order valence-corrected chi connectivity index (χ4v) is 6.16. The van der Waals surface area contributed by atoms with Crippen molar-refractivity contribution in [3.63, 3.8) is 0 Å². The molecule has 3 heterocycles. The molecule has 0 spiro atoms. The van der Waals surface area contributed by atoms with Crippen molar-refractivity contribution in [1.29, 1.82) is 0 Å². The van der Waals surface area contributed by atoms with Crippen LogP contribution < -0.4 is 25.2 Å². The first kappa shape index (κ1) is 27.9. The topological polar surface area (TPSA) is 133 Å². The summed E-state index contributed by atoms with van der Waals surface area (Å²) < 4.78 is 5.28. The molecular formula is C26H27Cl2N7O4S. The third kappa shape index (κ3) is 5.51. The average molecular weight is 605 g/mol. The highest BCUT2D eigenvalue weighted by molar-refractivity contribution is 7.09. The number of benzene rings is 1. The van der Waals surface area contributed by atoms with Crippen LogP contribution in [-0.4, -0.2) is 51.2 Å². The molecule has 2 aliphatic rings. The molecule has 1 aliphatic heterocycles. The first-order valence-corrected chi connectivity index (χ1v) is 14.2. The Morgan fingerprint density at radius 3 is 2.75 bits per heavy atom. The van der Waals surface area contributed by atoms with Crippen LogP contribution in [0.2, 0.25) is 10.0 Å². The minimum absolute atomic E-state index is 0.0519. The lowest BCUT2D eigenvalue weighted by molar-refractivity contribution is -0.117. The quantitative estimate of drug-likeness (QED) is 0.302. The number of halogens is 2. The van der Waals surface area contributed by atoms with E-state index in [0.717, 1.165) is 25.7 Å². The van der Waals surface area contributed by atoms with E-state index in [1.807, 2.05) is 5.38 Å². The van der Waals surface area contributed by atoms with Crippen LogP contribution in [0.15, 0.2) is 36.5 Å². The van der Waals surface area contributed by atoms with Gasteiger partial charge in [-0.1, -0.05) is 42.6 Å². The van der Waals surface area contributed by atoms with Crippen molar-refractivity contribution in [1.82, 2.24) is 20.3 Å². The van der Waals surface area contributed by atoms with Crippen molar-refractivity contribution >= 4 is 63.9 Å². The van der Waals surface area contributed by atoms with Gasteiger partial charge in [0.1, 0.15) is 32.4 Å². The Balaban J connectivity index is 1.51. The van der Waals surface area contributed by atoms with E-state index in [4.69, 9.17) is 32.9 Å². The highest BCUT2D eigenvalue weighted by Gasteiger charge is 2.37. The SMILES string of the molecule is C=CC(=O)N[C@@H]1CCCC[C@@H]1Nc1ncc2c(n1)N(Cc1nccs1)C(=O)N(c1c(Cl)c(O)cc(OC)c1Cl)C2. The van der Waals surface area contributed by atoms with Gasteiger partial charge >= 0.3 is 6.03 Å². The average Bonchev–Trinajstić information content (AvgIpc) is 3.47. The number of anilines is 3. The molecule has 1 aliphatic carbocycles. The monoisotopic (exact) mass is 603 g/mol. The Kier molecular flexibility index (Phi) is 8.29. The normalized spacial score (nSPS) is 18.7. The van der Waals surface area contributed by atoms with Crippen molar-refractivity contribution in [3.05, 3.63) is 57.1 Å². The summed E-state index contributed by atoms with van der Waals surface area (Å²) in [6, 6.07) is 0.641. The Morgan fingerprint density at radius 1 is 1.27 bits per heavy atom. The standard InChI is InChI=1S/C26H27Cl2N7O4S/c1-3-19(37)31-15-6-4-5-7-16(15)32-25-30-11-14-12-34(23-21(27)17(36)10-18(39-2)22(23)28)26(38)35(24(14)33-25)13-20-29-8-9-40-20/h3,8-11,15-16,36H,1,4-7,12-13H2,2H3,(H,31,37)(H,30,32,33)/t15-,16+/m1/s1. The molecule has 0 saturated heterocycles. The first-order valence-electron chi connectivity index (χ1n) is 12.6. The number of carbonyl (C=O) groups is 2. The zero-order valence-corrected chi connectivity index (χ0v) is 23.9. The number of thiazole rings is 1. The number of aromatic hydroxyl groups is 1. The van der Waals surface area contributed by atoms with Gasteiger partial charge in [-0.05, 0) is 18.9 Å². The number of nitrogens with zero attached hydrogens (tertiary/aromatic N) is 5. The minimum Gasteiger partial charge on any atom is -0.506 e. The summed E-state index contributed by atoms with van der Waals surface area (Å²) in [5.74, 6) is 0.417. The summed E-state index contributed by atoms with van der Waals surface area (Å²) in [7, 11) is 1.41. The highest BCUT2D eigenvalue weighted by atomic mass is 35.5. The van der Waals surface area contributed by atoms with Crippen LogP contribution in [0, 0.1) is 0 Å². The lowest BCUT2D eigenvalue weighted by Crippen LogP contribution is -2.49. The van der Waals surface area contributed by atoms with Crippen LogP contribution in [0.1, 0.15) is 36.3 Å². The molecule has 1 aromatic carbocycles. The molecule has 2 atom stereocenters. The van der Waals surface area contributed by atoms with Gasteiger partial charge in [0.2, 0.25) is 11.9 Å². The van der Waals surface area contributed by atoms with E-state index < -0.39 is 6.03 Å². The first-order chi connectivity index (χ1) is 19.3. The van der Waals surface area contributed by atoms with E-state index in [2.05, 4.69) is 27.2 Å². The summed E-state index contributed by atoms with van der Waals surface area (Å²) >= 11 is 14.4. The molecule has 0 unspecified atom stereocenters. The Labute approximate surface area is 244 Å². The molecule has 3 N–H and O–H groups in total. The summed E-state index contributed by atoms with van der Waals surface area (Å²) in [5.41, 5.74) is 0.751. The molecule has 1 fully saturated rings. The predicted molar refractivity (Wildman–Crippen MR) is 155 cm³/mol. The lowest BCUT2D eigenvalue weighted by atomic mass is 9.90. The molecule has 14 heteroatoms. The fourth-order valence-electron chi connectivity index (χ4n) is 4.93. The Hall–Kier alpha value is -3.61. The van der Waals surface area contributed by atoms with Gasteiger partial charge in [-0.25, -0.2) is 14.8 Å². The Morgan fingerprint density at radius 2 is 2.05 bits per heavy atom. The third-order valence-corrected chi connectivity index (χ3v) is 8.37. The highest BCUT2D eigenvalue weighted by Crippen LogP contribution is 2.47. The summed E-state index contributed by atoms with van der Waals surface area (Å²) in [5, 5.41) is 19.3. The number of ether oxygens (including phenoxy) is 1. The number of phenolic OH excluding ortho intramolecular Hbond substituents is 1. The van der Waals surface area contributed by atoms with Crippen LogP contribution in [0.4, 0.5) is 22.2 Å². The van der Waals surface area contributed by atoms with Gasteiger partial charge in [-0.2, -0.15) is 4.98 Å². The Bertz CT molecular complexity index is 1440. The van der Waals surface area contributed by atoms with Gasteiger partial charge in [0.15, 0.2) is 0 Å². The van der Waals surface area contributed by atoms with Gasteiger partial charge in [0.25, 0.3) is 0 Å². The number of urea groups is 1.